The molecule has 4 atom stereocenters. The van der Waals surface area contributed by atoms with E-state index in [2.05, 4.69) is 10.6 Å². The number of nitrogens with zero attached hydrogens (tertiary/aromatic N) is 1. The summed E-state index contributed by atoms with van der Waals surface area (Å²) >= 11 is 0. The van der Waals surface area contributed by atoms with E-state index in [9.17, 15) is 19.5 Å². The Kier molecular flexibility index (Phi) is 10.0. The van der Waals surface area contributed by atoms with Crippen LogP contribution < -0.4 is 21.1 Å². The van der Waals surface area contributed by atoms with Crippen LogP contribution in [0.2, 0.25) is 0 Å². The van der Waals surface area contributed by atoms with Crippen molar-refractivity contribution in [2.45, 2.75) is 69.5 Å². The number of amides is 3. The number of carbonyl (C=O) groups excluding carboxylic acids is 3. The van der Waals surface area contributed by atoms with E-state index in [0.29, 0.717) is 24.6 Å². The maximum Gasteiger partial charge on any atom is 0.243 e. The second kappa shape index (κ2) is 13.7. The van der Waals surface area contributed by atoms with Crippen LogP contribution in [0.4, 0.5) is 0 Å². The number of phenolic OH excluding ortho intramolecular Hbond substituents is 1. The summed E-state index contributed by atoms with van der Waals surface area (Å²) < 4.78 is 5.44. The summed E-state index contributed by atoms with van der Waals surface area (Å²) in [5.74, 6) is 0.649. The second-order valence-corrected chi connectivity index (χ2v) is 11.1. The fourth-order valence-corrected chi connectivity index (χ4v) is 6.25. The highest BCUT2D eigenvalue weighted by atomic mass is 16.5. The van der Waals surface area contributed by atoms with Gasteiger partial charge in [0.15, 0.2) is 0 Å². The van der Waals surface area contributed by atoms with Gasteiger partial charge in [0, 0.05) is 38.0 Å². The number of ether oxygens (including phenoxy) is 1. The quantitative estimate of drug-likeness (QED) is 0.359. The molecule has 0 radical (unpaired) electrons. The van der Waals surface area contributed by atoms with Gasteiger partial charge in [-0.05, 0) is 42.0 Å². The Bertz CT molecular complexity index is 1160. The number of nitrogens with two attached hydrogens (primary N) is 1. The number of para-hydroxylation sites is 1. The molecule has 4 rings (SSSR count). The highest BCUT2D eigenvalue weighted by Gasteiger charge is 2.43. The molecule has 5 N–H and O–H groups in total. The van der Waals surface area contributed by atoms with Crippen LogP contribution in [0.3, 0.4) is 0 Å². The van der Waals surface area contributed by atoms with Crippen LogP contribution in [0.5, 0.6) is 11.5 Å². The van der Waals surface area contributed by atoms with Gasteiger partial charge in [-0.2, -0.15) is 0 Å². The minimum atomic E-state index is -0.816. The number of rotatable bonds is 10. The zero-order chi connectivity index (χ0) is 28.6. The number of benzene rings is 2. The molecule has 0 aromatic heterocycles. The molecule has 1 aliphatic carbocycles. The van der Waals surface area contributed by atoms with E-state index in [1.165, 1.54) is 26.3 Å². The number of hydrogen-bond acceptors (Lipinski definition) is 6. The number of nitrogens with one attached hydrogen (secondary N) is 2. The Balaban J connectivity index is 1.52. The molecule has 0 bridgehead atoms. The predicted octanol–water partition coefficient (Wildman–Crippen LogP) is 3.06. The van der Waals surface area contributed by atoms with Crippen molar-refractivity contribution in [3.05, 3.63) is 59.7 Å². The average molecular weight is 551 g/mol. The second-order valence-electron chi connectivity index (χ2n) is 11.1. The molecule has 2 aromatic carbocycles. The molecule has 1 saturated heterocycles. The molecule has 0 spiro atoms. The van der Waals surface area contributed by atoms with E-state index in [1.54, 1.807) is 36.3 Å². The first-order chi connectivity index (χ1) is 19.3. The number of likely N-dealkylation sites (tertiary alicyclic amines) is 1. The lowest BCUT2D eigenvalue weighted by Crippen LogP contribution is -2.53. The number of aromatic hydroxyl groups is 1. The van der Waals surface area contributed by atoms with E-state index in [4.69, 9.17) is 10.5 Å². The van der Waals surface area contributed by atoms with E-state index in [-0.39, 0.29) is 42.2 Å². The van der Waals surface area contributed by atoms with Gasteiger partial charge in [0.25, 0.3) is 0 Å². The van der Waals surface area contributed by atoms with E-state index in [1.807, 2.05) is 24.3 Å². The van der Waals surface area contributed by atoms with Gasteiger partial charge in [-0.1, -0.05) is 62.4 Å². The minimum absolute atomic E-state index is 0.0495. The first kappa shape index (κ1) is 29.4. The number of methoxy groups -OCH3 is 1. The van der Waals surface area contributed by atoms with E-state index < -0.39 is 18.1 Å². The number of likely N-dealkylation sites (N-methyl/N-ethyl adjacent to an activating group) is 1. The number of phenols is 1. The zero-order valence-corrected chi connectivity index (χ0v) is 23.5. The topological polar surface area (TPSA) is 134 Å². The molecule has 1 saturated carbocycles. The summed E-state index contributed by atoms with van der Waals surface area (Å²) in [7, 11) is 3.10. The Morgan fingerprint density at radius 1 is 1.05 bits per heavy atom. The molecule has 1 heterocycles. The summed E-state index contributed by atoms with van der Waals surface area (Å²) in [5, 5.41) is 15.2. The van der Waals surface area contributed by atoms with Gasteiger partial charge in [-0.3, -0.25) is 14.4 Å². The minimum Gasteiger partial charge on any atom is -0.508 e. The van der Waals surface area contributed by atoms with Crippen LogP contribution in [0.25, 0.3) is 0 Å². The summed E-state index contributed by atoms with van der Waals surface area (Å²) in [5.41, 5.74) is 8.02. The molecule has 9 nitrogen and oxygen atoms in total. The SMILES string of the molecule is CNC(=O)[C@H](Cc1ccc(O)cc1)NC(=O)[C@@H]1C[C@@H](C2CCCCC2)CN1C(=O)C[C@H](N)c1ccccc1OC. The lowest BCUT2D eigenvalue weighted by atomic mass is 9.79. The maximum absolute atomic E-state index is 13.7. The molecule has 40 heavy (non-hydrogen) atoms. The van der Waals surface area contributed by atoms with Gasteiger partial charge < -0.3 is 31.1 Å². The third kappa shape index (κ3) is 7.13. The summed E-state index contributed by atoms with van der Waals surface area (Å²) in [6.07, 6.45) is 6.70. The highest BCUT2D eigenvalue weighted by molar-refractivity contribution is 5.92. The van der Waals surface area contributed by atoms with E-state index in [0.717, 1.165) is 24.0 Å². The zero-order valence-electron chi connectivity index (χ0n) is 23.5. The standard InChI is InChI=1S/C31H42N4O5/c1-33-30(38)26(16-20-12-14-23(36)15-13-20)34-31(39)27-17-22(21-8-4-3-5-9-21)19-35(27)29(37)18-25(32)24-10-6-7-11-28(24)40-2/h6-7,10-15,21-22,25-27,36H,3-5,8-9,16-19,32H2,1-2H3,(H,33,38)(H,34,39)/t22-,25+,26+,27+/m1/s1. The van der Waals surface area contributed by atoms with E-state index >= 15 is 0 Å². The molecule has 3 amide bonds. The normalized spacial score (nSPS) is 20.9. The first-order valence-electron chi connectivity index (χ1n) is 14.3. The van der Waals surface area contributed by atoms with Gasteiger partial charge in [0.2, 0.25) is 17.7 Å². The third-order valence-corrected chi connectivity index (χ3v) is 8.46. The monoisotopic (exact) mass is 550 g/mol. The summed E-state index contributed by atoms with van der Waals surface area (Å²) in [6, 6.07) is 11.9. The van der Waals surface area contributed by atoms with Gasteiger partial charge in [-0.15, -0.1) is 0 Å². The fourth-order valence-electron chi connectivity index (χ4n) is 6.25. The molecular weight excluding hydrogens is 508 g/mol. The van der Waals surface area contributed by atoms with Crippen molar-refractivity contribution in [3.63, 3.8) is 0 Å². The van der Waals surface area contributed by atoms with Gasteiger partial charge in [0.1, 0.15) is 23.6 Å². The Hall–Kier alpha value is -3.59. The maximum atomic E-state index is 13.7. The number of hydrogen-bond donors (Lipinski definition) is 4. The van der Waals surface area contributed by atoms with Crippen LogP contribution in [0.15, 0.2) is 48.5 Å². The number of carbonyl (C=O) groups is 3. The van der Waals surface area contributed by atoms with Crippen LogP contribution in [-0.2, 0) is 20.8 Å². The smallest absolute Gasteiger partial charge is 0.243 e. The Morgan fingerprint density at radius 2 is 1.75 bits per heavy atom. The molecule has 2 aromatic rings. The first-order valence-corrected chi connectivity index (χ1v) is 14.3. The molecule has 9 heteroatoms. The van der Waals surface area contributed by atoms with Crippen molar-refractivity contribution < 1.29 is 24.2 Å². The van der Waals surface area contributed by atoms with Crippen molar-refractivity contribution in [1.29, 1.82) is 0 Å². The van der Waals surface area contributed by atoms with Crippen molar-refractivity contribution in [2.75, 3.05) is 20.7 Å². The molecular formula is C31H42N4O5. The molecule has 216 valence electrons. The van der Waals surface area contributed by atoms with Crippen molar-refractivity contribution in [3.8, 4) is 11.5 Å². The average Bonchev–Trinajstić information content (AvgIpc) is 3.44. The van der Waals surface area contributed by atoms with Gasteiger partial charge >= 0.3 is 0 Å². The predicted molar refractivity (Wildman–Crippen MR) is 153 cm³/mol. The van der Waals surface area contributed by atoms with Crippen molar-refractivity contribution >= 4 is 17.7 Å². The van der Waals surface area contributed by atoms with Crippen LogP contribution in [-0.4, -0.2) is 60.5 Å². The molecule has 2 fully saturated rings. The lowest BCUT2D eigenvalue weighted by Gasteiger charge is -2.28. The Labute approximate surface area is 236 Å². The molecule has 0 unspecified atom stereocenters. The highest BCUT2D eigenvalue weighted by Crippen LogP contribution is 2.38. The Morgan fingerprint density at radius 3 is 2.42 bits per heavy atom. The lowest BCUT2D eigenvalue weighted by molar-refractivity contribution is -0.139. The summed E-state index contributed by atoms with van der Waals surface area (Å²) in [6.45, 7) is 0.517. The van der Waals surface area contributed by atoms with Crippen molar-refractivity contribution in [1.82, 2.24) is 15.5 Å². The van der Waals surface area contributed by atoms with Crippen LogP contribution >= 0.6 is 0 Å². The third-order valence-electron chi connectivity index (χ3n) is 8.46. The molecule has 1 aliphatic heterocycles. The largest absolute Gasteiger partial charge is 0.508 e. The molecule has 2 aliphatic rings. The van der Waals surface area contributed by atoms with Crippen molar-refractivity contribution in [2.24, 2.45) is 17.6 Å². The van der Waals surface area contributed by atoms with Crippen LogP contribution in [0, 0.1) is 11.8 Å². The fraction of sp³-hybridized carbons (Fsp3) is 0.516. The van der Waals surface area contributed by atoms with Gasteiger partial charge in [-0.25, -0.2) is 0 Å². The van der Waals surface area contributed by atoms with Gasteiger partial charge in [0.05, 0.1) is 7.11 Å². The van der Waals surface area contributed by atoms with Crippen LogP contribution in [0.1, 0.15) is 62.1 Å². The summed E-state index contributed by atoms with van der Waals surface area (Å²) in [4.78, 5) is 41.9.